The molecular weight excluding hydrogens is 184 g/mol. The van der Waals surface area contributed by atoms with Gasteiger partial charge in [-0.05, 0) is 50.4 Å². The van der Waals surface area contributed by atoms with Crippen LogP contribution in [0.1, 0.15) is 44.9 Å². The molecule has 3 aliphatic rings. The summed E-state index contributed by atoms with van der Waals surface area (Å²) in [6, 6.07) is 1.45. The lowest BCUT2D eigenvalue weighted by Crippen LogP contribution is -2.38. The van der Waals surface area contributed by atoms with Crippen molar-refractivity contribution in [2.75, 3.05) is 13.1 Å². The highest BCUT2D eigenvalue weighted by Gasteiger charge is 2.36. The second-order valence-electron chi connectivity index (χ2n) is 5.98. The van der Waals surface area contributed by atoms with Crippen molar-refractivity contribution in [3.05, 3.63) is 0 Å². The summed E-state index contributed by atoms with van der Waals surface area (Å²) in [5.41, 5.74) is 6.17. The molecule has 2 atom stereocenters. The van der Waals surface area contributed by atoms with Crippen LogP contribution in [0.25, 0.3) is 0 Å². The van der Waals surface area contributed by atoms with Gasteiger partial charge in [0.2, 0.25) is 0 Å². The fourth-order valence-corrected chi connectivity index (χ4v) is 3.04. The van der Waals surface area contributed by atoms with Crippen molar-refractivity contribution in [1.29, 1.82) is 0 Å². The molecule has 0 aliphatic heterocycles. The normalized spacial score (nSPS) is 36.4. The topological polar surface area (TPSA) is 29.3 Å². The fourth-order valence-electron chi connectivity index (χ4n) is 3.04. The quantitative estimate of drug-likeness (QED) is 0.748. The Hall–Kier alpha value is -0.0800. The van der Waals surface area contributed by atoms with Crippen LogP contribution in [-0.2, 0) is 0 Å². The molecule has 0 bridgehead atoms. The van der Waals surface area contributed by atoms with E-state index in [0.29, 0.717) is 6.04 Å². The van der Waals surface area contributed by atoms with Crippen molar-refractivity contribution in [2.45, 2.75) is 57.0 Å². The van der Waals surface area contributed by atoms with Crippen molar-refractivity contribution in [2.24, 2.45) is 17.6 Å². The van der Waals surface area contributed by atoms with Crippen LogP contribution in [-0.4, -0.2) is 30.1 Å². The average Bonchev–Trinajstić information content (AvgIpc) is 3.10. The molecule has 3 rings (SSSR count). The van der Waals surface area contributed by atoms with Crippen LogP contribution < -0.4 is 5.73 Å². The number of hydrogen-bond acceptors (Lipinski definition) is 2. The van der Waals surface area contributed by atoms with Crippen LogP contribution in [0.3, 0.4) is 0 Å². The van der Waals surface area contributed by atoms with Gasteiger partial charge in [-0.3, -0.25) is 4.90 Å². The van der Waals surface area contributed by atoms with E-state index in [1.54, 1.807) is 0 Å². The van der Waals surface area contributed by atoms with Gasteiger partial charge in [-0.1, -0.05) is 6.42 Å². The molecule has 0 spiro atoms. The maximum absolute atomic E-state index is 6.17. The van der Waals surface area contributed by atoms with E-state index in [1.807, 2.05) is 0 Å². The Labute approximate surface area is 93.2 Å². The summed E-state index contributed by atoms with van der Waals surface area (Å²) >= 11 is 0. The minimum atomic E-state index is 0.505. The largest absolute Gasteiger partial charge is 0.327 e. The lowest BCUT2D eigenvalue weighted by atomic mass is 10.0. The summed E-state index contributed by atoms with van der Waals surface area (Å²) in [4.78, 5) is 2.77. The first-order chi connectivity index (χ1) is 7.33. The third kappa shape index (κ3) is 2.54. The number of nitrogens with two attached hydrogens (primary N) is 1. The standard InChI is InChI=1S/C13H24N2/c14-13-3-1-2-11(13)9-15(12-6-7-12)8-10-4-5-10/h10-13H,1-9,14H2. The second kappa shape index (κ2) is 4.06. The van der Waals surface area contributed by atoms with E-state index in [0.717, 1.165) is 17.9 Å². The first-order valence-electron chi connectivity index (χ1n) is 6.82. The molecule has 2 nitrogen and oxygen atoms in total. The maximum atomic E-state index is 6.17. The van der Waals surface area contributed by atoms with Gasteiger partial charge in [-0.15, -0.1) is 0 Å². The van der Waals surface area contributed by atoms with Gasteiger partial charge in [0.15, 0.2) is 0 Å². The first-order valence-corrected chi connectivity index (χ1v) is 6.82. The number of rotatable bonds is 5. The minimum Gasteiger partial charge on any atom is -0.327 e. The Morgan fingerprint density at radius 2 is 1.73 bits per heavy atom. The maximum Gasteiger partial charge on any atom is 0.00966 e. The summed E-state index contributed by atoms with van der Waals surface area (Å²) in [7, 11) is 0. The van der Waals surface area contributed by atoms with Crippen molar-refractivity contribution in [3.63, 3.8) is 0 Å². The molecule has 3 saturated carbocycles. The van der Waals surface area contributed by atoms with Gasteiger partial charge < -0.3 is 5.73 Å². The summed E-state index contributed by atoms with van der Waals surface area (Å²) in [6.45, 7) is 2.69. The van der Waals surface area contributed by atoms with Crippen LogP contribution in [0.4, 0.5) is 0 Å². The fraction of sp³-hybridized carbons (Fsp3) is 1.00. The van der Waals surface area contributed by atoms with Gasteiger partial charge in [-0.25, -0.2) is 0 Å². The van der Waals surface area contributed by atoms with Gasteiger partial charge in [-0.2, -0.15) is 0 Å². The van der Waals surface area contributed by atoms with E-state index in [1.165, 1.54) is 58.0 Å². The molecule has 15 heavy (non-hydrogen) atoms. The zero-order valence-corrected chi connectivity index (χ0v) is 9.70. The SMILES string of the molecule is NC1CCCC1CN(CC1CC1)C1CC1. The van der Waals surface area contributed by atoms with E-state index in [9.17, 15) is 0 Å². The zero-order chi connectivity index (χ0) is 10.3. The third-order valence-electron chi connectivity index (χ3n) is 4.44. The van der Waals surface area contributed by atoms with Gasteiger partial charge >= 0.3 is 0 Å². The Morgan fingerprint density at radius 3 is 2.27 bits per heavy atom. The Kier molecular flexibility index (Phi) is 2.73. The van der Waals surface area contributed by atoms with Crippen LogP contribution in [0, 0.1) is 11.8 Å². The molecule has 3 aliphatic carbocycles. The molecule has 0 aromatic rings. The summed E-state index contributed by atoms with van der Waals surface area (Å²) in [5.74, 6) is 1.85. The molecule has 0 heterocycles. The van der Waals surface area contributed by atoms with Gasteiger partial charge in [0.05, 0.1) is 0 Å². The van der Waals surface area contributed by atoms with E-state index >= 15 is 0 Å². The van der Waals surface area contributed by atoms with Crippen LogP contribution in [0.2, 0.25) is 0 Å². The van der Waals surface area contributed by atoms with Crippen LogP contribution in [0.5, 0.6) is 0 Å². The lowest BCUT2D eigenvalue weighted by Gasteiger charge is -2.27. The van der Waals surface area contributed by atoms with Crippen molar-refractivity contribution >= 4 is 0 Å². The average molecular weight is 208 g/mol. The highest BCUT2D eigenvalue weighted by Crippen LogP contribution is 2.36. The van der Waals surface area contributed by atoms with Crippen molar-refractivity contribution in [3.8, 4) is 0 Å². The molecule has 86 valence electrons. The van der Waals surface area contributed by atoms with E-state index in [4.69, 9.17) is 5.73 Å². The summed E-state index contributed by atoms with van der Waals surface area (Å²) < 4.78 is 0. The van der Waals surface area contributed by atoms with Crippen LogP contribution in [0.15, 0.2) is 0 Å². The lowest BCUT2D eigenvalue weighted by molar-refractivity contribution is 0.206. The zero-order valence-electron chi connectivity index (χ0n) is 9.70. The monoisotopic (exact) mass is 208 g/mol. The van der Waals surface area contributed by atoms with E-state index in [-0.39, 0.29) is 0 Å². The molecule has 0 saturated heterocycles. The van der Waals surface area contributed by atoms with Crippen LogP contribution >= 0.6 is 0 Å². The van der Waals surface area contributed by atoms with Crippen molar-refractivity contribution in [1.82, 2.24) is 4.90 Å². The number of nitrogens with zero attached hydrogens (tertiary/aromatic N) is 1. The molecule has 0 radical (unpaired) electrons. The Balaban J connectivity index is 1.52. The van der Waals surface area contributed by atoms with Gasteiger partial charge in [0.1, 0.15) is 0 Å². The Bertz CT molecular complexity index is 221. The van der Waals surface area contributed by atoms with Gasteiger partial charge in [0.25, 0.3) is 0 Å². The molecule has 2 heteroatoms. The van der Waals surface area contributed by atoms with Crippen molar-refractivity contribution < 1.29 is 0 Å². The molecule has 3 fully saturated rings. The molecule has 2 unspecified atom stereocenters. The summed E-state index contributed by atoms with van der Waals surface area (Å²) in [6.07, 6.45) is 9.90. The van der Waals surface area contributed by atoms with Gasteiger partial charge in [0, 0.05) is 25.2 Å². The predicted molar refractivity (Wildman–Crippen MR) is 62.6 cm³/mol. The summed E-state index contributed by atoms with van der Waals surface area (Å²) in [5, 5.41) is 0. The third-order valence-corrected chi connectivity index (χ3v) is 4.44. The predicted octanol–water partition coefficient (Wildman–Crippen LogP) is 1.99. The Morgan fingerprint density at radius 1 is 0.933 bits per heavy atom. The highest BCUT2D eigenvalue weighted by atomic mass is 15.2. The number of hydrogen-bond donors (Lipinski definition) is 1. The van der Waals surface area contributed by atoms with E-state index in [2.05, 4.69) is 4.90 Å². The molecule has 0 aromatic carbocycles. The molecule has 0 aromatic heterocycles. The molecule has 0 amide bonds. The first kappa shape index (κ1) is 10.1. The highest BCUT2D eigenvalue weighted by molar-refractivity contribution is 4.91. The molecular formula is C13H24N2. The smallest absolute Gasteiger partial charge is 0.00966 e. The van der Waals surface area contributed by atoms with E-state index < -0.39 is 0 Å². The molecule has 2 N–H and O–H groups in total. The second-order valence-corrected chi connectivity index (χ2v) is 5.98. The minimum absolute atomic E-state index is 0.505.